The maximum atomic E-state index is 11.3. The molecule has 0 heterocycles. The van der Waals surface area contributed by atoms with Gasteiger partial charge in [-0.25, -0.2) is 0 Å². The van der Waals surface area contributed by atoms with Crippen LogP contribution in [0.3, 0.4) is 0 Å². The van der Waals surface area contributed by atoms with E-state index in [0.717, 1.165) is 6.07 Å². The SMILES string of the molecule is CCOc1cc(C(=O)[O-])cc([N+](=O)[O-])c1-c1ccccc1.[Na+]. The molecule has 0 fully saturated rings. The van der Waals surface area contributed by atoms with Crippen molar-refractivity contribution in [2.45, 2.75) is 6.92 Å². The molecule has 7 heteroatoms. The first-order valence-corrected chi connectivity index (χ1v) is 6.26. The molecule has 2 aromatic rings. The molecule has 0 radical (unpaired) electrons. The molecule has 0 N–H and O–H groups in total. The number of hydrogen-bond acceptors (Lipinski definition) is 5. The van der Waals surface area contributed by atoms with Crippen molar-refractivity contribution in [3.8, 4) is 16.9 Å². The summed E-state index contributed by atoms with van der Waals surface area (Å²) < 4.78 is 5.38. The summed E-state index contributed by atoms with van der Waals surface area (Å²) in [7, 11) is 0. The Kier molecular flexibility index (Phi) is 6.55. The van der Waals surface area contributed by atoms with E-state index >= 15 is 0 Å². The molecule has 0 aliphatic carbocycles. The van der Waals surface area contributed by atoms with E-state index < -0.39 is 10.9 Å². The summed E-state index contributed by atoms with van der Waals surface area (Å²) in [6.45, 7) is 1.97. The molecule has 108 valence electrons. The maximum absolute atomic E-state index is 11.3. The van der Waals surface area contributed by atoms with Gasteiger partial charge in [0.05, 0.1) is 17.5 Å². The van der Waals surface area contributed by atoms with Crippen LogP contribution in [0.15, 0.2) is 42.5 Å². The van der Waals surface area contributed by atoms with E-state index in [1.807, 2.05) is 0 Å². The molecule has 0 unspecified atom stereocenters. The second-order valence-electron chi connectivity index (χ2n) is 4.21. The molecule has 0 aliphatic heterocycles. The van der Waals surface area contributed by atoms with E-state index in [1.165, 1.54) is 6.07 Å². The fourth-order valence-corrected chi connectivity index (χ4v) is 2.03. The number of rotatable bonds is 5. The van der Waals surface area contributed by atoms with Crippen LogP contribution >= 0.6 is 0 Å². The van der Waals surface area contributed by atoms with Crippen LogP contribution in [0, 0.1) is 10.1 Å². The molecule has 0 atom stereocenters. The topological polar surface area (TPSA) is 92.5 Å². The number of carbonyl (C=O) groups excluding carboxylic acids is 1. The smallest absolute Gasteiger partial charge is 0.545 e. The van der Waals surface area contributed by atoms with Gasteiger partial charge in [-0.3, -0.25) is 10.1 Å². The van der Waals surface area contributed by atoms with Gasteiger partial charge in [0, 0.05) is 11.6 Å². The van der Waals surface area contributed by atoms with Crippen LogP contribution in [-0.4, -0.2) is 17.5 Å². The Balaban J connectivity index is 0.00000242. The maximum Gasteiger partial charge on any atom is 1.00 e. The second kappa shape index (κ2) is 7.93. The summed E-state index contributed by atoms with van der Waals surface area (Å²) in [6, 6.07) is 10.9. The van der Waals surface area contributed by atoms with Crippen LogP contribution in [0.2, 0.25) is 0 Å². The predicted molar refractivity (Wildman–Crippen MR) is 74.0 cm³/mol. The van der Waals surface area contributed by atoms with Crippen LogP contribution in [0.25, 0.3) is 11.1 Å². The number of benzene rings is 2. The minimum atomic E-state index is -1.49. The van der Waals surface area contributed by atoms with Crippen molar-refractivity contribution < 1.29 is 49.1 Å². The third kappa shape index (κ3) is 3.85. The summed E-state index contributed by atoms with van der Waals surface area (Å²) in [4.78, 5) is 21.6. The Morgan fingerprint density at radius 3 is 2.36 bits per heavy atom. The standard InChI is InChI=1S/C15H13NO5.Na/c1-2-21-13-9-11(15(17)18)8-12(16(19)20)14(13)10-6-4-3-5-7-10;/h3-9H,2H2,1H3,(H,17,18);/q;+1/p-1. The van der Waals surface area contributed by atoms with Crippen LogP contribution in [0.1, 0.15) is 17.3 Å². The normalized spacial score (nSPS) is 9.68. The number of nitrogens with zero attached hydrogens (tertiary/aromatic N) is 1. The van der Waals surface area contributed by atoms with E-state index in [4.69, 9.17) is 4.74 Å². The van der Waals surface area contributed by atoms with Crippen molar-refractivity contribution in [3.05, 3.63) is 58.1 Å². The van der Waals surface area contributed by atoms with Crippen LogP contribution in [-0.2, 0) is 0 Å². The fourth-order valence-electron chi connectivity index (χ4n) is 2.03. The molecule has 2 aromatic carbocycles. The quantitative estimate of drug-likeness (QED) is 0.402. The van der Waals surface area contributed by atoms with E-state index in [-0.39, 0.29) is 58.7 Å². The van der Waals surface area contributed by atoms with Crippen molar-refractivity contribution in [2.75, 3.05) is 6.61 Å². The number of carboxylic acids is 1. The summed E-state index contributed by atoms with van der Waals surface area (Å²) in [5.74, 6) is -1.34. The van der Waals surface area contributed by atoms with Crippen molar-refractivity contribution in [1.82, 2.24) is 0 Å². The number of ether oxygens (including phenoxy) is 1. The van der Waals surface area contributed by atoms with Crippen molar-refractivity contribution in [2.24, 2.45) is 0 Å². The third-order valence-corrected chi connectivity index (χ3v) is 2.88. The molecule has 0 saturated heterocycles. The molecule has 2 rings (SSSR count). The molecule has 0 saturated carbocycles. The molecule has 0 aromatic heterocycles. The minimum absolute atomic E-state index is 0. The zero-order chi connectivity index (χ0) is 15.4. The minimum Gasteiger partial charge on any atom is -0.545 e. The van der Waals surface area contributed by atoms with Crippen LogP contribution < -0.4 is 39.4 Å². The summed E-state index contributed by atoms with van der Waals surface area (Å²) in [6.07, 6.45) is 0. The average Bonchev–Trinajstić information content (AvgIpc) is 2.47. The third-order valence-electron chi connectivity index (χ3n) is 2.88. The largest absolute Gasteiger partial charge is 1.00 e. The summed E-state index contributed by atoms with van der Waals surface area (Å²) in [5.41, 5.74) is 0.223. The van der Waals surface area contributed by atoms with Gasteiger partial charge in [-0.2, -0.15) is 0 Å². The number of hydrogen-bond donors (Lipinski definition) is 0. The van der Waals surface area contributed by atoms with Crippen molar-refractivity contribution >= 4 is 11.7 Å². The van der Waals surface area contributed by atoms with Gasteiger partial charge in [-0.1, -0.05) is 30.3 Å². The summed E-state index contributed by atoms with van der Waals surface area (Å²) in [5, 5.41) is 22.3. The second-order valence-corrected chi connectivity index (χ2v) is 4.21. The molecule has 6 nitrogen and oxygen atoms in total. The fraction of sp³-hybridized carbons (Fsp3) is 0.133. The van der Waals surface area contributed by atoms with Gasteiger partial charge in [0.1, 0.15) is 11.3 Å². The van der Waals surface area contributed by atoms with Gasteiger partial charge in [0.2, 0.25) is 0 Å². The van der Waals surface area contributed by atoms with Crippen LogP contribution in [0.5, 0.6) is 5.75 Å². The number of aromatic carboxylic acids is 1. The Morgan fingerprint density at radius 2 is 1.86 bits per heavy atom. The number of nitro groups is 1. The van der Waals surface area contributed by atoms with E-state index in [2.05, 4.69) is 0 Å². The first kappa shape index (κ1) is 18.2. The predicted octanol–water partition coefficient (Wildman–Crippen LogP) is -0.972. The summed E-state index contributed by atoms with van der Waals surface area (Å²) >= 11 is 0. The molecule has 0 amide bonds. The number of nitro benzene ring substituents is 1. The monoisotopic (exact) mass is 309 g/mol. The number of carboxylic acid groups (broad SMARTS) is 1. The first-order valence-electron chi connectivity index (χ1n) is 6.26. The van der Waals surface area contributed by atoms with E-state index in [1.54, 1.807) is 37.3 Å². The molecule has 0 bridgehead atoms. The number of carbonyl (C=O) groups is 1. The molecular formula is C15H12NNaO5. The zero-order valence-corrected chi connectivity index (χ0v) is 14.2. The Hall–Kier alpha value is -1.89. The average molecular weight is 309 g/mol. The first-order chi connectivity index (χ1) is 10.0. The van der Waals surface area contributed by atoms with Crippen molar-refractivity contribution in [3.63, 3.8) is 0 Å². The van der Waals surface area contributed by atoms with Crippen molar-refractivity contribution in [1.29, 1.82) is 0 Å². The van der Waals surface area contributed by atoms with Gasteiger partial charge in [-0.15, -0.1) is 0 Å². The molecule has 0 spiro atoms. The van der Waals surface area contributed by atoms with Gasteiger partial charge >= 0.3 is 29.6 Å². The zero-order valence-electron chi connectivity index (χ0n) is 12.2. The van der Waals surface area contributed by atoms with Gasteiger partial charge in [-0.05, 0) is 18.6 Å². The Morgan fingerprint density at radius 1 is 1.23 bits per heavy atom. The Bertz CT molecular complexity index is 688. The van der Waals surface area contributed by atoms with E-state index in [0.29, 0.717) is 5.56 Å². The van der Waals surface area contributed by atoms with Gasteiger partial charge in [0.25, 0.3) is 5.69 Å². The molecule has 0 aliphatic rings. The molecular weight excluding hydrogens is 297 g/mol. The Labute approximate surface area is 149 Å². The van der Waals surface area contributed by atoms with E-state index in [9.17, 15) is 20.0 Å². The van der Waals surface area contributed by atoms with Crippen LogP contribution in [0.4, 0.5) is 5.69 Å². The van der Waals surface area contributed by atoms with Gasteiger partial charge in [0.15, 0.2) is 0 Å². The van der Waals surface area contributed by atoms with Gasteiger partial charge < -0.3 is 14.6 Å². The molecule has 22 heavy (non-hydrogen) atoms.